The van der Waals surface area contributed by atoms with E-state index in [-0.39, 0.29) is 11.7 Å². The van der Waals surface area contributed by atoms with E-state index in [1.165, 1.54) is 4.31 Å². The van der Waals surface area contributed by atoms with Crippen LogP contribution in [0.1, 0.15) is 23.2 Å². The van der Waals surface area contributed by atoms with Crippen molar-refractivity contribution in [3.63, 3.8) is 0 Å². The summed E-state index contributed by atoms with van der Waals surface area (Å²) in [7, 11) is -3.26. The molecule has 6 nitrogen and oxygen atoms in total. The van der Waals surface area contributed by atoms with Crippen molar-refractivity contribution in [3.05, 3.63) is 54.4 Å². The van der Waals surface area contributed by atoms with Crippen LogP contribution < -0.4 is 9.62 Å². The molecule has 0 unspecified atom stereocenters. The highest BCUT2D eigenvalue weighted by Crippen LogP contribution is 2.26. The lowest BCUT2D eigenvalue weighted by molar-refractivity contribution is 0.102. The second kappa shape index (κ2) is 6.37. The molecule has 2 heterocycles. The summed E-state index contributed by atoms with van der Waals surface area (Å²) in [4.78, 5) is 16.0. The number of carbonyl (C=O) groups is 1. The SMILES string of the molecule is O=C(Nc1cccc(N2CCCCS2(=O)=O)c1)c1ccncc1. The van der Waals surface area contributed by atoms with E-state index in [1.54, 1.807) is 48.8 Å². The van der Waals surface area contributed by atoms with E-state index in [9.17, 15) is 13.2 Å². The number of amides is 1. The average Bonchev–Trinajstić information content (AvgIpc) is 2.55. The summed E-state index contributed by atoms with van der Waals surface area (Å²) in [6.45, 7) is 0.476. The van der Waals surface area contributed by atoms with Gasteiger partial charge in [0.25, 0.3) is 5.91 Å². The number of aromatic nitrogens is 1. The highest BCUT2D eigenvalue weighted by atomic mass is 32.2. The molecule has 23 heavy (non-hydrogen) atoms. The minimum atomic E-state index is -3.26. The second-order valence-electron chi connectivity index (χ2n) is 5.34. The molecule has 2 aromatic rings. The third kappa shape index (κ3) is 3.50. The minimum Gasteiger partial charge on any atom is -0.322 e. The summed E-state index contributed by atoms with van der Waals surface area (Å²) >= 11 is 0. The van der Waals surface area contributed by atoms with Crippen LogP contribution in [0.2, 0.25) is 0 Å². The van der Waals surface area contributed by atoms with Gasteiger partial charge in [0, 0.05) is 30.2 Å². The minimum absolute atomic E-state index is 0.167. The molecule has 0 spiro atoms. The highest BCUT2D eigenvalue weighted by molar-refractivity contribution is 7.92. The van der Waals surface area contributed by atoms with Gasteiger partial charge < -0.3 is 5.32 Å². The third-order valence-electron chi connectivity index (χ3n) is 3.68. The average molecular weight is 331 g/mol. The first-order valence-corrected chi connectivity index (χ1v) is 8.99. The molecule has 0 bridgehead atoms. The fourth-order valence-electron chi connectivity index (χ4n) is 2.52. The molecule has 120 valence electrons. The zero-order valence-electron chi connectivity index (χ0n) is 12.5. The first-order valence-electron chi connectivity index (χ1n) is 7.38. The number of nitrogens with one attached hydrogen (secondary N) is 1. The Morgan fingerprint density at radius 1 is 1.13 bits per heavy atom. The molecule has 0 saturated carbocycles. The maximum atomic E-state index is 12.2. The first-order chi connectivity index (χ1) is 11.1. The predicted octanol–water partition coefficient (Wildman–Crippen LogP) is 2.26. The van der Waals surface area contributed by atoms with E-state index in [0.717, 1.165) is 6.42 Å². The van der Waals surface area contributed by atoms with Gasteiger partial charge in [-0.25, -0.2) is 8.42 Å². The van der Waals surface area contributed by atoms with Crippen LogP contribution in [0.4, 0.5) is 11.4 Å². The van der Waals surface area contributed by atoms with E-state index < -0.39 is 10.0 Å². The maximum absolute atomic E-state index is 12.2. The standard InChI is InChI=1S/C16H17N3O3S/c20-16(13-6-8-17-9-7-13)18-14-4-3-5-15(12-14)19-10-1-2-11-23(19,21)22/h3-9,12H,1-2,10-11H2,(H,18,20). The molecular weight excluding hydrogens is 314 g/mol. The first kappa shape index (κ1) is 15.5. The molecular formula is C16H17N3O3S. The van der Waals surface area contributed by atoms with Gasteiger partial charge in [-0.1, -0.05) is 6.07 Å². The fourth-order valence-corrected chi connectivity index (χ4v) is 4.16. The lowest BCUT2D eigenvalue weighted by atomic mass is 10.2. The summed E-state index contributed by atoms with van der Waals surface area (Å²) in [5.74, 6) is -0.0910. The van der Waals surface area contributed by atoms with Crippen LogP contribution in [0.5, 0.6) is 0 Å². The van der Waals surface area contributed by atoms with Crippen LogP contribution in [-0.4, -0.2) is 31.6 Å². The molecule has 1 aromatic heterocycles. The zero-order chi connectivity index (χ0) is 16.3. The molecule has 1 N–H and O–H groups in total. The predicted molar refractivity (Wildman–Crippen MR) is 89.0 cm³/mol. The molecule has 0 radical (unpaired) electrons. The van der Waals surface area contributed by atoms with Crippen molar-refractivity contribution in [2.45, 2.75) is 12.8 Å². The largest absolute Gasteiger partial charge is 0.322 e. The maximum Gasteiger partial charge on any atom is 0.255 e. The van der Waals surface area contributed by atoms with Crippen molar-refractivity contribution in [2.24, 2.45) is 0 Å². The van der Waals surface area contributed by atoms with Crippen molar-refractivity contribution in [1.82, 2.24) is 4.98 Å². The molecule has 1 aromatic carbocycles. The lowest BCUT2D eigenvalue weighted by Crippen LogP contribution is -2.37. The van der Waals surface area contributed by atoms with Crippen molar-refractivity contribution >= 4 is 27.3 Å². The number of rotatable bonds is 3. The number of hydrogen-bond donors (Lipinski definition) is 1. The fraction of sp³-hybridized carbons (Fsp3) is 0.250. The van der Waals surface area contributed by atoms with Gasteiger partial charge in [0.15, 0.2) is 0 Å². The van der Waals surface area contributed by atoms with Crippen LogP contribution >= 0.6 is 0 Å². The summed E-state index contributed by atoms with van der Waals surface area (Å²) in [5, 5.41) is 2.78. The van der Waals surface area contributed by atoms with Gasteiger partial charge in [-0.15, -0.1) is 0 Å². The number of carbonyl (C=O) groups excluding carboxylic acids is 1. The normalized spacial score (nSPS) is 16.8. The van der Waals surface area contributed by atoms with Gasteiger partial charge in [0.05, 0.1) is 11.4 Å². The van der Waals surface area contributed by atoms with Crippen LogP contribution in [0, 0.1) is 0 Å². The Morgan fingerprint density at radius 3 is 2.65 bits per heavy atom. The Balaban J connectivity index is 1.82. The van der Waals surface area contributed by atoms with E-state index in [0.29, 0.717) is 29.9 Å². The molecule has 1 fully saturated rings. The molecule has 7 heteroatoms. The van der Waals surface area contributed by atoms with Crippen LogP contribution in [0.15, 0.2) is 48.8 Å². The van der Waals surface area contributed by atoms with Gasteiger partial charge in [-0.05, 0) is 43.2 Å². The van der Waals surface area contributed by atoms with Crippen molar-refractivity contribution in [3.8, 4) is 0 Å². The van der Waals surface area contributed by atoms with E-state index in [4.69, 9.17) is 0 Å². The highest BCUT2D eigenvalue weighted by Gasteiger charge is 2.26. The molecule has 0 aliphatic carbocycles. The van der Waals surface area contributed by atoms with E-state index >= 15 is 0 Å². The monoisotopic (exact) mass is 331 g/mol. The van der Waals surface area contributed by atoms with E-state index in [2.05, 4.69) is 10.3 Å². The van der Waals surface area contributed by atoms with Crippen molar-refractivity contribution in [2.75, 3.05) is 21.9 Å². The number of anilines is 2. The zero-order valence-corrected chi connectivity index (χ0v) is 13.3. The van der Waals surface area contributed by atoms with E-state index in [1.807, 2.05) is 0 Å². The Kier molecular flexibility index (Phi) is 4.29. The second-order valence-corrected chi connectivity index (χ2v) is 7.35. The molecule has 1 amide bonds. The van der Waals surface area contributed by atoms with Gasteiger partial charge in [-0.3, -0.25) is 14.1 Å². The molecule has 0 atom stereocenters. The Hall–Kier alpha value is -2.41. The summed E-state index contributed by atoms with van der Waals surface area (Å²) in [5.41, 5.74) is 1.64. The molecule has 3 rings (SSSR count). The lowest BCUT2D eigenvalue weighted by Gasteiger charge is -2.28. The smallest absolute Gasteiger partial charge is 0.255 e. The van der Waals surface area contributed by atoms with Crippen molar-refractivity contribution < 1.29 is 13.2 Å². The van der Waals surface area contributed by atoms with Crippen LogP contribution in [0.3, 0.4) is 0 Å². The topological polar surface area (TPSA) is 79.4 Å². The van der Waals surface area contributed by atoms with Crippen LogP contribution in [0.25, 0.3) is 0 Å². The van der Waals surface area contributed by atoms with Crippen LogP contribution in [-0.2, 0) is 10.0 Å². The third-order valence-corrected chi connectivity index (χ3v) is 5.55. The van der Waals surface area contributed by atoms with Gasteiger partial charge >= 0.3 is 0 Å². The van der Waals surface area contributed by atoms with Crippen molar-refractivity contribution in [1.29, 1.82) is 0 Å². The number of benzene rings is 1. The molecule has 1 aliphatic heterocycles. The summed E-state index contributed by atoms with van der Waals surface area (Å²) < 4.78 is 25.8. The summed E-state index contributed by atoms with van der Waals surface area (Å²) in [6, 6.07) is 10.1. The molecule has 1 saturated heterocycles. The summed E-state index contributed by atoms with van der Waals surface area (Å²) in [6.07, 6.45) is 4.63. The molecule has 1 aliphatic rings. The van der Waals surface area contributed by atoms with Gasteiger partial charge in [0.2, 0.25) is 10.0 Å². The van der Waals surface area contributed by atoms with Gasteiger partial charge in [0.1, 0.15) is 0 Å². The Labute approximate surface area is 135 Å². The Bertz CT molecular complexity index is 806. The number of sulfonamides is 1. The number of nitrogens with zero attached hydrogens (tertiary/aromatic N) is 2. The Morgan fingerprint density at radius 2 is 1.91 bits per heavy atom. The van der Waals surface area contributed by atoms with Gasteiger partial charge in [-0.2, -0.15) is 0 Å². The number of hydrogen-bond acceptors (Lipinski definition) is 4. The number of pyridine rings is 1. The quantitative estimate of drug-likeness (QED) is 0.935.